The first-order chi connectivity index (χ1) is 6.90. The lowest BCUT2D eigenvalue weighted by molar-refractivity contribution is 0.516. The van der Waals surface area contributed by atoms with E-state index < -0.39 is 0 Å². The predicted molar refractivity (Wildman–Crippen MR) is 58.2 cm³/mol. The van der Waals surface area contributed by atoms with Crippen molar-refractivity contribution in [2.75, 3.05) is 19.6 Å². The van der Waals surface area contributed by atoms with Crippen molar-refractivity contribution in [3.63, 3.8) is 0 Å². The second kappa shape index (κ2) is 4.15. The molecule has 0 atom stereocenters. The number of nitrogens with two attached hydrogens (primary N) is 1. The minimum Gasteiger partial charge on any atom is -0.384 e. The minimum absolute atomic E-state index is 0.667. The number of allylic oxidation sites excluding steroid dienone is 4. The molecule has 2 rings (SSSR count). The molecule has 3 heteroatoms. The van der Waals surface area contributed by atoms with Crippen LogP contribution in [0.25, 0.3) is 0 Å². The fraction of sp³-hybridized carbons (Fsp3) is 0.273. The van der Waals surface area contributed by atoms with Crippen LogP contribution >= 0.6 is 0 Å². The van der Waals surface area contributed by atoms with Crippen molar-refractivity contribution in [1.29, 1.82) is 0 Å². The van der Waals surface area contributed by atoms with E-state index >= 15 is 0 Å². The minimum atomic E-state index is 0.667. The average molecular weight is 189 g/mol. The summed E-state index contributed by atoms with van der Waals surface area (Å²) in [4.78, 5) is 2.20. The van der Waals surface area contributed by atoms with Crippen LogP contribution in [0.5, 0.6) is 0 Å². The van der Waals surface area contributed by atoms with E-state index in [1.165, 1.54) is 11.4 Å². The van der Waals surface area contributed by atoms with E-state index in [1.807, 2.05) is 12.2 Å². The zero-order valence-electron chi connectivity index (χ0n) is 8.11. The monoisotopic (exact) mass is 189 g/mol. The molecule has 3 nitrogen and oxygen atoms in total. The van der Waals surface area contributed by atoms with Gasteiger partial charge >= 0.3 is 0 Å². The van der Waals surface area contributed by atoms with Gasteiger partial charge in [-0.1, -0.05) is 6.08 Å². The molecule has 74 valence electrons. The Morgan fingerprint density at radius 3 is 3.21 bits per heavy atom. The molecule has 0 amide bonds. The summed E-state index contributed by atoms with van der Waals surface area (Å²) in [6.07, 6.45) is 12.6. The van der Waals surface area contributed by atoms with Gasteiger partial charge in [-0.2, -0.15) is 0 Å². The van der Waals surface area contributed by atoms with E-state index in [0.717, 1.165) is 13.1 Å². The molecule has 0 aliphatic carbocycles. The Labute approximate surface area is 84.3 Å². The van der Waals surface area contributed by atoms with E-state index in [2.05, 4.69) is 34.6 Å². The molecule has 0 bridgehead atoms. The zero-order valence-corrected chi connectivity index (χ0v) is 8.11. The number of hydrogen-bond donors (Lipinski definition) is 2. The van der Waals surface area contributed by atoms with E-state index in [9.17, 15) is 0 Å². The van der Waals surface area contributed by atoms with Gasteiger partial charge in [0, 0.05) is 37.2 Å². The lowest BCUT2D eigenvalue weighted by atomic mass is 10.1. The maximum absolute atomic E-state index is 5.43. The summed E-state index contributed by atoms with van der Waals surface area (Å²) in [5.41, 5.74) is 7.83. The summed E-state index contributed by atoms with van der Waals surface area (Å²) >= 11 is 0. The first-order valence-corrected chi connectivity index (χ1v) is 4.87. The van der Waals surface area contributed by atoms with Gasteiger partial charge in [-0.15, -0.1) is 0 Å². The van der Waals surface area contributed by atoms with Gasteiger partial charge in [-0.05, 0) is 24.3 Å². The molecule has 14 heavy (non-hydrogen) atoms. The lowest BCUT2D eigenvalue weighted by Crippen LogP contribution is -2.27. The van der Waals surface area contributed by atoms with Gasteiger partial charge in [0.15, 0.2) is 0 Å². The van der Waals surface area contributed by atoms with Crippen molar-refractivity contribution in [1.82, 2.24) is 10.2 Å². The maximum Gasteiger partial charge on any atom is 0.0429 e. The molecule has 3 N–H and O–H groups in total. The summed E-state index contributed by atoms with van der Waals surface area (Å²) < 4.78 is 0. The van der Waals surface area contributed by atoms with Gasteiger partial charge in [-0.3, -0.25) is 0 Å². The Balaban J connectivity index is 2.04. The molecule has 0 spiro atoms. The highest BCUT2D eigenvalue weighted by molar-refractivity contribution is 5.37. The Kier molecular flexibility index (Phi) is 2.70. The van der Waals surface area contributed by atoms with Crippen LogP contribution < -0.4 is 11.1 Å². The quantitative estimate of drug-likeness (QED) is 0.686. The topological polar surface area (TPSA) is 41.3 Å². The van der Waals surface area contributed by atoms with Gasteiger partial charge in [0.25, 0.3) is 0 Å². The van der Waals surface area contributed by atoms with Crippen LogP contribution in [0.15, 0.2) is 48.0 Å². The molecule has 0 aromatic rings. The average Bonchev–Trinajstić information content (AvgIpc) is 2.26. The Morgan fingerprint density at radius 1 is 1.43 bits per heavy atom. The molecule has 0 unspecified atom stereocenters. The molecule has 0 fully saturated rings. The third-order valence-electron chi connectivity index (χ3n) is 2.26. The second-order valence-corrected chi connectivity index (χ2v) is 3.30. The lowest BCUT2D eigenvalue weighted by Gasteiger charge is -2.26. The summed E-state index contributed by atoms with van der Waals surface area (Å²) in [5.74, 6) is 0. The van der Waals surface area contributed by atoms with Crippen molar-refractivity contribution < 1.29 is 0 Å². The predicted octanol–water partition coefficient (Wildman–Crippen LogP) is 0.702. The Morgan fingerprint density at radius 2 is 2.36 bits per heavy atom. The van der Waals surface area contributed by atoms with Crippen molar-refractivity contribution in [2.24, 2.45) is 5.73 Å². The van der Waals surface area contributed by atoms with E-state index in [0.29, 0.717) is 6.54 Å². The molecule has 0 aromatic carbocycles. The zero-order chi connectivity index (χ0) is 9.80. The number of rotatable bonds is 3. The molecule has 0 saturated carbocycles. The van der Waals surface area contributed by atoms with Gasteiger partial charge in [0.05, 0.1) is 0 Å². The highest BCUT2D eigenvalue weighted by atomic mass is 15.1. The molecular weight excluding hydrogens is 174 g/mol. The molecule has 0 radical (unpaired) electrons. The highest BCUT2D eigenvalue weighted by Gasteiger charge is 2.10. The molecule has 2 aliphatic heterocycles. The Hall–Kier alpha value is -1.48. The van der Waals surface area contributed by atoms with Crippen LogP contribution in [0, 0.1) is 0 Å². The maximum atomic E-state index is 5.43. The van der Waals surface area contributed by atoms with Crippen LogP contribution in [-0.4, -0.2) is 24.5 Å². The first kappa shape index (κ1) is 9.09. The van der Waals surface area contributed by atoms with Crippen molar-refractivity contribution in [3.8, 4) is 0 Å². The molecule has 0 saturated heterocycles. The summed E-state index contributed by atoms with van der Waals surface area (Å²) in [5, 5.41) is 3.28. The largest absolute Gasteiger partial charge is 0.384 e. The second-order valence-electron chi connectivity index (χ2n) is 3.30. The molecule has 2 aliphatic rings. The fourth-order valence-corrected chi connectivity index (χ4v) is 1.54. The van der Waals surface area contributed by atoms with Gasteiger partial charge in [0.2, 0.25) is 0 Å². The van der Waals surface area contributed by atoms with Gasteiger partial charge in [0.1, 0.15) is 0 Å². The van der Waals surface area contributed by atoms with Crippen LogP contribution in [0.3, 0.4) is 0 Å². The third-order valence-corrected chi connectivity index (χ3v) is 2.26. The van der Waals surface area contributed by atoms with Crippen LogP contribution in [-0.2, 0) is 0 Å². The van der Waals surface area contributed by atoms with Crippen LogP contribution in [0.2, 0.25) is 0 Å². The molecule has 2 heterocycles. The van der Waals surface area contributed by atoms with E-state index in [1.54, 1.807) is 0 Å². The highest BCUT2D eigenvalue weighted by Crippen LogP contribution is 2.17. The summed E-state index contributed by atoms with van der Waals surface area (Å²) in [6, 6.07) is 0. The number of nitrogens with one attached hydrogen (secondary N) is 1. The standard InChI is InChI=1S/C11H15N3/c12-5-6-13-10-4-8-14-7-2-1-3-11(14)9-10/h1-4,7,9,13H,5-6,8,12H2. The van der Waals surface area contributed by atoms with Crippen LogP contribution in [0.1, 0.15) is 0 Å². The third kappa shape index (κ3) is 1.88. The fourth-order valence-electron chi connectivity index (χ4n) is 1.54. The molecular formula is C11H15N3. The van der Waals surface area contributed by atoms with E-state index in [4.69, 9.17) is 5.73 Å². The Bertz CT molecular complexity index is 323. The van der Waals surface area contributed by atoms with E-state index in [-0.39, 0.29) is 0 Å². The SMILES string of the molecule is NCCNC1=CCN2C=CC=CC2=C1. The first-order valence-electron chi connectivity index (χ1n) is 4.87. The van der Waals surface area contributed by atoms with Crippen molar-refractivity contribution in [2.45, 2.75) is 0 Å². The molecule has 0 aromatic heterocycles. The van der Waals surface area contributed by atoms with Crippen LogP contribution in [0.4, 0.5) is 0 Å². The summed E-state index contributed by atoms with van der Waals surface area (Å²) in [7, 11) is 0. The van der Waals surface area contributed by atoms with Crippen molar-refractivity contribution >= 4 is 0 Å². The number of hydrogen-bond acceptors (Lipinski definition) is 3. The number of nitrogens with zero attached hydrogens (tertiary/aromatic N) is 1. The summed E-state index contributed by atoms with van der Waals surface area (Å²) in [6.45, 7) is 2.43. The van der Waals surface area contributed by atoms with Crippen molar-refractivity contribution in [3.05, 3.63) is 48.0 Å². The normalized spacial score (nSPS) is 18.8. The number of fused-ring (bicyclic) bond motifs is 1. The smallest absolute Gasteiger partial charge is 0.0429 e. The van der Waals surface area contributed by atoms with Gasteiger partial charge in [-0.25, -0.2) is 0 Å². The van der Waals surface area contributed by atoms with Gasteiger partial charge < -0.3 is 16.0 Å².